The molecule has 0 amide bonds. The molecule has 36 heavy (non-hydrogen) atoms. The summed E-state index contributed by atoms with van der Waals surface area (Å²) < 4.78 is 24.4. The van der Waals surface area contributed by atoms with Gasteiger partial charge in [0.05, 0.1) is 17.8 Å². The number of esters is 1. The molecule has 3 unspecified atom stereocenters. The van der Waals surface area contributed by atoms with Crippen molar-refractivity contribution < 1.29 is 33.6 Å². The molecule has 2 saturated heterocycles. The molecule has 0 radical (unpaired) electrons. The van der Waals surface area contributed by atoms with Gasteiger partial charge in [-0.05, 0) is 73.5 Å². The molecule has 0 aromatic carbocycles. The summed E-state index contributed by atoms with van der Waals surface area (Å²) in [6.45, 7) is 14.0. The maximum Gasteiger partial charge on any atom is 0.316 e. The molecule has 2 rings (SSSR count). The van der Waals surface area contributed by atoms with E-state index < -0.39 is 41.9 Å². The Morgan fingerprint density at radius 1 is 1.17 bits per heavy atom. The number of cyclic esters (lactones) is 1. The zero-order valence-electron chi connectivity index (χ0n) is 23.9. The van der Waals surface area contributed by atoms with Crippen molar-refractivity contribution in [1.29, 1.82) is 0 Å². The second-order valence-corrected chi connectivity index (χ2v) is 11.4. The van der Waals surface area contributed by atoms with Crippen LogP contribution in [0.3, 0.4) is 0 Å². The maximum atomic E-state index is 13.6. The van der Waals surface area contributed by atoms with Crippen LogP contribution in [-0.4, -0.2) is 97.9 Å². The van der Waals surface area contributed by atoms with Gasteiger partial charge in [-0.2, -0.15) is 0 Å². The number of rotatable bonds is 5. The lowest BCUT2D eigenvalue weighted by molar-refractivity contribution is -0.295. The molecule has 9 nitrogen and oxygen atoms in total. The first-order valence-corrected chi connectivity index (χ1v) is 13.4. The summed E-state index contributed by atoms with van der Waals surface area (Å²) in [5, 5.41) is 14.6. The molecule has 0 aliphatic carbocycles. The lowest BCUT2D eigenvalue weighted by Gasteiger charge is -2.46. The van der Waals surface area contributed by atoms with Crippen LogP contribution in [0.1, 0.15) is 67.7 Å². The zero-order chi connectivity index (χ0) is 27.4. The van der Waals surface area contributed by atoms with Crippen LogP contribution >= 0.6 is 0 Å². The van der Waals surface area contributed by atoms with E-state index in [2.05, 4.69) is 12.2 Å². The van der Waals surface area contributed by atoms with E-state index in [1.54, 1.807) is 21.0 Å². The van der Waals surface area contributed by atoms with E-state index in [-0.39, 0.29) is 36.0 Å². The van der Waals surface area contributed by atoms with Gasteiger partial charge in [-0.15, -0.1) is 0 Å². The Hall–Kier alpha value is -1.10. The van der Waals surface area contributed by atoms with Gasteiger partial charge in [-0.1, -0.05) is 20.8 Å². The third-order valence-electron chi connectivity index (χ3n) is 8.08. The lowest BCUT2D eigenvalue weighted by Crippen LogP contribution is -2.59. The van der Waals surface area contributed by atoms with Gasteiger partial charge in [0.15, 0.2) is 12.1 Å². The highest BCUT2D eigenvalue weighted by molar-refractivity contribution is 6.00. The Morgan fingerprint density at radius 2 is 1.81 bits per heavy atom. The number of hydrogen-bond acceptors (Lipinski definition) is 9. The highest BCUT2D eigenvalue weighted by atomic mass is 16.7. The van der Waals surface area contributed by atoms with E-state index in [0.29, 0.717) is 25.8 Å². The van der Waals surface area contributed by atoms with Crippen LogP contribution in [0.15, 0.2) is 0 Å². The summed E-state index contributed by atoms with van der Waals surface area (Å²) in [5.74, 6) is -2.31. The second kappa shape index (κ2) is 13.1. The predicted molar refractivity (Wildman–Crippen MR) is 137 cm³/mol. The number of methoxy groups -OCH3 is 1. The Balaban J connectivity index is 2.46. The standard InChI is InChI=1S/C27H50N2O7/c1-11-21-19(6)28-14-15(2)13-27(7,33-10)24(17(4)22(30)18(5)25(32)35-21)36-26-23(31)20(29(8)9)12-16(3)34-26/h15-21,23-24,26,28,31H,11-14H2,1-10H3/t15-,16?,17+,18-,19+,20?,21-,23?,24-,26+,27-/m1/s1. The molecular weight excluding hydrogens is 464 g/mol. The second-order valence-electron chi connectivity index (χ2n) is 11.4. The molecule has 2 aliphatic heterocycles. The van der Waals surface area contributed by atoms with E-state index >= 15 is 0 Å². The molecule has 2 N–H and O–H groups in total. The smallest absolute Gasteiger partial charge is 0.316 e. The summed E-state index contributed by atoms with van der Waals surface area (Å²) >= 11 is 0. The van der Waals surface area contributed by atoms with Gasteiger partial charge in [-0.3, -0.25) is 9.59 Å². The summed E-state index contributed by atoms with van der Waals surface area (Å²) in [5.41, 5.74) is -0.876. The number of Topliss-reactive ketones (excluding diaryl/α,β-unsaturated/α-hetero) is 1. The average molecular weight is 515 g/mol. The summed E-state index contributed by atoms with van der Waals surface area (Å²) in [6, 6.07) is -0.212. The Morgan fingerprint density at radius 3 is 2.36 bits per heavy atom. The van der Waals surface area contributed by atoms with Crippen LogP contribution in [0.25, 0.3) is 0 Å². The quantitative estimate of drug-likeness (QED) is 0.422. The van der Waals surface area contributed by atoms with Gasteiger partial charge in [0, 0.05) is 25.1 Å². The summed E-state index contributed by atoms with van der Waals surface area (Å²) in [4.78, 5) is 28.6. The highest BCUT2D eigenvalue weighted by Gasteiger charge is 2.48. The summed E-state index contributed by atoms with van der Waals surface area (Å²) in [6.07, 6.45) is -1.16. The molecule has 0 aromatic heterocycles. The van der Waals surface area contributed by atoms with Crippen LogP contribution in [0, 0.1) is 17.8 Å². The Labute approximate surface area is 217 Å². The molecule has 9 heteroatoms. The number of nitrogens with zero attached hydrogens (tertiary/aromatic N) is 1. The molecular formula is C27H50N2O7. The number of aliphatic hydroxyl groups is 1. The van der Waals surface area contributed by atoms with Crippen LogP contribution in [-0.2, 0) is 28.5 Å². The molecule has 0 spiro atoms. The molecule has 2 fully saturated rings. The number of ether oxygens (including phenoxy) is 4. The predicted octanol–water partition coefficient (Wildman–Crippen LogP) is 2.38. The first-order chi connectivity index (χ1) is 16.7. The number of hydrogen-bond donors (Lipinski definition) is 2. The Bertz CT molecular complexity index is 735. The van der Waals surface area contributed by atoms with Crippen LogP contribution in [0.5, 0.6) is 0 Å². The van der Waals surface area contributed by atoms with E-state index in [9.17, 15) is 14.7 Å². The van der Waals surface area contributed by atoms with Crippen molar-refractivity contribution >= 4 is 11.8 Å². The van der Waals surface area contributed by atoms with Crippen LogP contribution in [0.4, 0.5) is 0 Å². The molecule has 0 saturated carbocycles. The van der Waals surface area contributed by atoms with Gasteiger partial charge in [0.25, 0.3) is 0 Å². The fraction of sp³-hybridized carbons (Fsp3) is 0.926. The minimum absolute atomic E-state index is 0.0574. The fourth-order valence-electron chi connectivity index (χ4n) is 5.64. The molecule has 0 aromatic rings. The van der Waals surface area contributed by atoms with Gasteiger partial charge < -0.3 is 34.3 Å². The monoisotopic (exact) mass is 514 g/mol. The fourth-order valence-corrected chi connectivity index (χ4v) is 5.64. The number of aliphatic hydroxyl groups excluding tert-OH is 1. The number of carbonyl (C=O) groups is 2. The van der Waals surface area contributed by atoms with Crippen LogP contribution < -0.4 is 5.32 Å². The van der Waals surface area contributed by atoms with Gasteiger partial charge in [0.1, 0.15) is 18.1 Å². The molecule has 2 aliphatic rings. The zero-order valence-corrected chi connectivity index (χ0v) is 23.9. The van der Waals surface area contributed by atoms with E-state index in [4.69, 9.17) is 18.9 Å². The van der Waals surface area contributed by atoms with E-state index in [1.165, 1.54) is 0 Å². The molecule has 0 bridgehead atoms. The maximum absolute atomic E-state index is 13.6. The minimum atomic E-state index is -0.961. The molecule has 2 heterocycles. The van der Waals surface area contributed by atoms with Crippen molar-refractivity contribution in [2.45, 2.75) is 116 Å². The number of nitrogens with one attached hydrogen (secondary N) is 1. The molecule has 210 valence electrons. The number of carbonyl (C=O) groups excluding carboxylic acids is 2. The first-order valence-electron chi connectivity index (χ1n) is 13.4. The van der Waals surface area contributed by atoms with Crippen LogP contribution in [0.2, 0.25) is 0 Å². The van der Waals surface area contributed by atoms with Crippen molar-refractivity contribution in [3.8, 4) is 0 Å². The average Bonchev–Trinajstić information content (AvgIpc) is 2.83. The van der Waals surface area contributed by atoms with Crippen molar-refractivity contribution in [3.63, 3.8) is 0 Å². The Kier molecular flexibility index (Phi) is 11.3. The summed E-state index contributed by atoms with van der Waals surface area (Å²) in [7, 11) is 5.45. The van der Waals surface area contributed by atoms with Crippen molar-refractivity contribution in [3.05, 3.63) is 0 Å². The number of ketones is 1. The largest absolute Gasteiger partial charge is 0.460 e. The van der Waals surface area contributed by atoms with Gasteiger partial charge >= 0.3 is 5.97 Å². The van der Waals surface area contributed by atoms with E-state index in [1.807, 2.05) is 46.7 Å². The highest BCUT2D eigenvalue weighted by Crippen LogP contribution is 2.36. The van der Waals surface area contributed by atoms with Gasteiger partial charge in [-0.25, -0.2) is 0 Å². The van der Waals surface area contributed by atoms with Crippen molar-refractivity contribution in [2.75, 3.05) is 27.7 Å². The normalized spacial score (nSPS) is 43.9. The topological polar surface area (TPSA) is 107 Å². The van der Waals surface area contributed by atoms with Gasteiger partial charge in [0.2, 0.25) is 0 Å². The van der Waals surface area contributed by atoms with Crippen molar-refractivity contribution in [1.82, 2.24) is 10.2 Å². The first kappa shape index (κ1) is 31.1. The number of likely N-dealkylation sites (N-methyl/N-ethyl adjacent to an activating group) is 1. The molecule has 11 atom stereocenters. The third kappa shape index (κ3) is 7.26. The van der Waals surface area contributed by atoms with Crippen molar-refractivity contribution in [2.24, 2.45) is 17.8 Å². The lowest BCUT2D eigenvalue weighted by atomic mass is 9.78. The SMILES string of the molecule is CC[C@H]1OC(=O)[C@H](C)C(=O)[C@H](C)[C@@H](O[C@@H]2OC(C)CC(N(C)C)C2O)[C@](C)(OC)C[C@@H](C)CN[C@H]1C. The minimum Gasteiger partial charge on any atom is -0.460 e. The third-order valence-corrected chi connectivity index (χ3v) is 8.08. The van der Waals surface area contributed by atoms with E-state index in [0.717, 1.165) is 0 Å².